The van der Waals surface area contributed by atoms with Crippen molar-refractivity contribution in [1.29, 1.82) is 0 Å². The number of hydrogen-bond acceptors (Lipinski definition) is 5. The predicted molar refractivity (Wildman–Crippen MR) is 125 cm³/mol. The highest BCUT2D eigenvalue weighted by molar-refractivity contribution is 7.98. The van der Waals surface area contributed by atoms with Crippen LogP contribution in [0.2, 0.25) is 0 Å². The summed E-state index contributed by atoms with van der Waals surface area (Å²) in [5.41, 5.74) is 0.846. The normalized spacial score (nSPS) is 14.8. The molecule has 32 heavy (non-hydrogen) atoms. The summed E-state index contributed by atoms with van der Waals surface area (Å²) in [5.74, 6) is 0.842. The van der Waals surface area contributed by atoms with Crippen LogP contribution in [0, 0.1) is 5.82 Å². The number of likely N-dealkylation sites (tertiary alicyclic amines) is 1. The van der Waals surface area contributed by atoms with Crippen molar-refractivity contribution >= 4 is 27.7 Å². The number of halogens is 1. The molecule has 6 nitrogen and oxygen atoms in total. The van der Waals surface area contributed by atoms with E-state index in [4.69, 9.17) is 4.74 Å². The van der Waals surface area contributed by atoms with E-state index in [1.54, 1.807) is 23.1 Å². The van der Waals surface area contributed by atoms with E-state index in [0.717, 1.165) is 25.7 Å². The van der Waals surface area contributed by atoms with Crippen molar-refractivity contribution < 1.29 is 22.3 Å². The molecule has 2 aromatic carbocycles. The summed E-state index contributed by atoms with van der Waals surface area (Å²) < 4.78 is 47.1. The molecule has 1 heterocycles. The number of amides is 1. The Morgan fingerprint density at radius 2 is 1.84 bits per heavy atom. The lowest BCUT2D eigenvalue weighted by Gasteiger charge is -2.22. The maximum absolute atomic E-state index is 13.7. The summed E-state index contributed by atoms with van der Waals surface area (Å²) in [5, 5.41) is 0. The van der Waals surface area contributed by atoms with E-state index in [-0.39, 0.29) is 28.7 Å². The average molecular weight is 481 g/mol. The molecule has 0 aliphatic carbocycles. The molecular formula is C23H29FN2O4S2. The Kier molecular flexibility index (Phi) is 8.95. The fourth-order valence-corrected chi connectivity index (χ4v) is 5.63. The zero-order valence-electron chi connectivity index (χ0n) is 18.2. The highest BCUT2D eigenvalue weighted by Crippen LogP contribution is 2.25. The smallest absolute Gasteiger partial charge is 0.257 e. The zero-order valence-corrected chi connectivity index (χ0v) is 19.8. The van der Waals surface area contributed by atoms with Crippen molar-refractivity contribution in [2.24, 2.45) is 0 Å². The first-order valence-corrected chi connectivity index (χ1v) is 13.3. The molecule has 1 N–H and O–H groups in total. The molecule has 9 heteroatoms. The molecule has 2 aromatic rings. The molecule has 174 valence electrons. The Labute approximate surface area is 193 Å². The Balaban J connectivity index is 1.63. The number of rotatable bonds is 9. The van der Waals surface area contributed by atoms with Crippen molar-refractivity contribution in [1.82, 2.24) is 9.62 Å². The summed E-state index contributed by atoms with van der Waals surface area (Å²) in [7, 11) is -2.33. The van der Waals surface area contributed by atoms with Crippen molar-refractivity contribution in [2.45, 2.75) is 36.3 Å². The molecule has 1 fully saturated rings. The second-order valence-electron chi connectivity index (χ2n) is 7.61. The molecule has 1 amide bonds. The lowest BCUT2D eigenvalue weighted by Crippen LogP contribution is -2.32. The Morgan fingerprint density at radius 1 is 1.12 bits per heavy atom. The van der Waals surface area contributed by atoms with E-state index in [0.29, 0.717) is 35.9 Å². The third kappa shape index (κ3) is 6.46. The van der Waals surface area contributed by atoms with Crippen LogP contribution in [0.4, 0.5) is 4.39 Å². The van der Waals surface area contributed by atoms with E-state index in [1.165, 1.54) is 43.1 Å². The molecule has 0 unspecified atom stereocenters. The van der Waals surface area contributed by atoms with Gasteiger partial charge in [-0.2, -0.15) is 11.8 Å². The third-order valence-electron chi connectivity index (χ3n) is 5.36. The molecule has 0 radical (unpaired) electrons. The molecule has 0 saturated carbocycles. The molecule has 0 aromatic heterocycles. The predicted octanol–water partition coefficient (Wildman–Crippen LogP) is 4.06. The van der Waals surface area contributed by atoms with E-state index < -0.39 is 10.0 Å². The Hall–Kier alpha value is -2.10. The first-order chi connectivity index (χ1) is 15.4. The van der Waals surface area contributed by atoms with Gasteiger partial charge < -0.3 is 9.64 Å². The standard InChI is InChI=1S/C23H29FN2O4S2/c1-30-22-11-10-19(16-20(22)23(27)26-13-6-2-3-7-14-26)32(28,29)25-12-15-31-17-18-8-4-5-9-21(18)24/h4-5,8-11,16,25H,2-3,6-7,12-15,17H2,1H3. The number of carbonyl (C=O) groups excluding carboxylic acids is 1. The first-order valence-electron chi connectivity index (χ1n) is 10.7. The molecule has 1 aliphatic rings. The van der Waals surface area contributed by atoms with E-state index >= 15 is 0 Å². The van der Waals surface area contributed by atoms with Crippen LogP contribution >= 0.6 is 11.8 Å². The fraction of sp³-hybridized carbons (Fsp3) is 0.435. The van der Waals surface area contributed by atoms with Crippen molar-refractivity contribution in [3.63, 3.8) is 0 Å². The van der Waals surface area contributed by atoms with Crippen molar-refractivity contribution in [3.05, 3.63) is 59.4 Å². The maximum atomic E-state index is 13.7. The largest absolute Gasteiger partial charge is 0.496 e. The lowest BCUT2D eigenvalue weighted by molar-refractivity contribution is 0.0758. The minimum atomic E-state index is -3.80. The quantitative estimate of drug-likeness (QED) is 0.548. The number of benzene rings is 2. The summed E-state index contributed by atoms with van der Waals surface area (Å²) in [6, 6.07) is 10.9. The maximum Gasteiger partial charge on any atom is 0.257 e. The molecule has 1 saturated heterocycles. The van der Waals surface area contributed by atoms with Gasteiger partial charge in [0, 0.05) is 31.1 Å². The van der Waals surface area contributed by atoms with Gasteiger partial charge in [-0.3, -0.25) is 4.79 Å². The Bertz CT molecular complexity index is 1020. The number of sulfonamides is 1. The van der Waals surface area contributed by atoms with E-state index in [2.05, 4.69) is 4.72 Å². The van der Waals surface area contributed by atoms with Gasteiger partial charge in [0.05, 0.1) is 17.6 Å². The minimum Gasteiger partial charge on any atom is -0.496 e. The van der Waals surface area contributed by atoms with Gasteiger partial charge in [-0.25, -0.2) is 17.5 Å². The van der Waals surface area contributed by atoms with Gasteiger partial charge in [0.1, 0.15) is 11.6 Å². The first kappa shape index (κ1) is 24.5. The summed E-state index contributed by atoms with van der Waals surface area (Å²) >= 11 is 1.44. The van der Waals surface area contributed by atoms with Crippen LogP contribution in [-0.2, 0) is 15.8 Å². The SMILES string of the molecule is COc1ccc(S(=O)(=O)NCCSCc2ccccc2F)cc1C(=O)N1CCCCCC1. The van der Waals surface area contributed by atoms with Gasteiger partial charge in [-0.15, -0.1) is 0 Å². The number of methoxy groups -OCH3 is 1. The third-order valence-corrected chi connectivity index (χ3v) is 7.83. The minimum absolute atomic E-state index is 0.0237. The van der Waals surface area contributed by atoms with Crippen LogP contribution in [0.25, 0.3) is 0 Å². The van der Waals surface area contributed by atoms with Crippen LogP contribution < -0.4 is 9.46 Å². The van der Waals surface area contributed by atoms with Crippen LogP contribution in [0.3, 0.4) is 0 Å². The van der Waals surface area contributed by atoms with Crippen LogP contribution in [-0.4, -0.2) is 51.7 Å². The van der Waals surface area contributed by atoms with Gasteiger partial charge in [-0.05, 0) is 42.7 Å². The van der Waals surface area contributed by atoms with Gasteiger partial charge in [0.25, 0.3) is 5.91 Å². The topological polar surface area (TPSA) is 75.7 Å². The van der Waals surface area contributed by atoms with Gasteiger partial charge in [-0.1, -0.05) is 31.0 Å². The highest BCUT2D eigenvalue weighted by Gasteiger charge is 2.24. The fourth-order valence-electron chi connectivity index (χ4n) is 3.59. The molecule has 1 aliphatic heterocycles. The number of ether oxygens (including phenoxy) is 1. The summed E-state index contributed by atoms with van der Waals surface area (Å²) in [6.07, 6.45) is 4.07. The Morgan fingerprint density at radius 3 is 2.53 bits per heavy atom. The van der Waals surface area contributed by atoms with Crippen molar-refractivity contribution in [3.8, 4) is 5.75 Å². The second kappa shape index (κ2) is 11.7. The van der Waals surface area contributed by atoms with Crippen molar-refractivity contribution in [2.75, 3.05) is 32.5 Å². The van der Waals surface area contributed by atoms with Crippen LogP contribution in [0.5, 0.6) is 5.75 Å². The number of nitrogens with one attached hydrogen (secondary N) is 1. The van der Waals surface area contributed by atoms with Gasteiger partial charge >= 0.3 is 0 Å². The van der Waals surface area contributed by atoms with Gasteiger partial charge in [0.2, 0.25) is 10.0 Å². The highest BCUT2D eigenvalue weighted by atomic mass is 32.2. The average Bonchev–Trinajstić information content (AvgIpc) is 3.08. The molecular weight excluding hydrogens is 451 g/mol. The summed E-state index contributed by atoms with van der Waals surface area (Å²) in [6.45, 7) is 1.52. The number of nitrogens with zero attached hydrogens (tertiary/aromatic N) is 1. The van der Waals surface area contributed by atoms with E-state index in [9.17, 15) is 17.6 Å². The van der Waals surface area contributed by atoms with E-state index in [1.807, 2.05) is 0 Å². The number of hydrogen-bond donors (Lipinski definition) is 1. The molecule has 3 rings (SSSR count). The second-order valence-corrected chi connectivity index (χ2v) is 10.5. The summed E-state index contributed by atoms with van der Waals surface area (Å²) in [4.78, 5) is 14.9. The van der Waals surface area contributed by atoms with Crippen LogP contribution in [0.1, 0.15) is 41.6 Å². The zero-order chi connectivity index (χ0) is 23.0. The monoisotopic (exact) mass is 480 g/mol. The number of carbonyl (C=O) groups is 1. The van der Waals surface area contributed by atoms with Crippen LogP contribution in [0.15, 0.2) is 47.4 Å². The lowest BCUT2D eigenvalue weighted by atomic mass is 10.1. The number of thioether (sulfide) groups is 1. The van der Waals surface area contributed by atoms with Gasteiger partial charge in [0.15, 0.2) is 0 Å². The molecule has 0 atom stereocenters. The molecule has 0 bridgehead atoms. The molecule has 0 spiro atoms.